The van der Waals surface area contributed by atoms with Gasteiger partial charge in [0.15, 0.2) is 0 Å². The molecule has 134 valence electrons. The van der Waals surface area contributed by atoms with Crippen LogP contribution in [0.2, 0.25) is 0 Å². The minimum absolute atomic E-state index is 0. The average Bonchev–Trinajstić information content (AvgIpc) is 2.60. The first kappa shape index (κ1) is 21.9. The molecule has 0 saturated heterocycles. The summed E-state index contributed by atoms with van der Waals surface area (Å²) in [6, 6.07) is 0. The molecule has 0 aliphatic heterocycles. The van der Waals surface area contributed by atoms with Crippen molar-refractivity contribution in [1.82, 2.24) is 0 Å². The Balaban J connectivity index is 0.000000775. The second kappa shape index (κ2) is 13.1. The van der Waals surface area contributed by atoms with Crippen LogP contribution in [0.15, 0.2) is 0 Å². The monoisotopic (exact) mass is 529 g/mol. The van der Waals surface area contributed by atoms with Crippen LogP contribution in [0.3, 0.4) is 0 Å². The third kappa shape index (κ3) is 6.61. The van der Waals surface area contributed by atoms with Crippen LogP contribution in [-0.2, 0) is 15.6 Å². The van der Waals surface area contributed by atoms with E-state index in [0.29, 0.717) is 0 Å². The van der Waals surface area contributed by atoms with Gasteiger partial charge in [0, 0.05) is 7.92 Å². The maximum atomic E-state index is 2.72. The summed E-state index contributed by atoms with van der Waals surface area (Å²) in [7, 11) is -0.0465. The summed E-state index contributed by atoms with van der Waals surface area (Å²) in [6.45, 7) is 0. The fourth-order valence-corrected chi connectivity index (χ4v) is 10.5. The molecular weight excluding hydrogens is 493 g/mol. The van der Waals surface area contributed by atoms with Crippen LogP contribution >= 0.6 is 27.4 Å². The molecule has 3 aliphatic rings. The molecule has 0 aromatic rings. The van der Waals surface area contributed by atoms with Crippen LogP contribution in [0.5, 0.6) is 0 Å². The Morgan fingerprint density at radius 2 is 0.727 bits per heavy atom. The fourth-order valence-electron chi connectivity index (χ4n) is 5.31. The van der Waals surface area contributed by atoms with Gasteiger partial charge in [-0.3, -0.25) is 0 Å². The molecule has 0 amide bonds. The van der Waals surface area contributed by atoms with Crippen molar-refractivity contribution in [2.45, 2.75) is 113 Å². The topological polar surface area (TPSA) is 0 Å². The van der Waals surface area contributed by atoms with Gasteiger partial charge in [-0.25, -0.2) is 0 Å². The summed E-state index contributed by atoms with van der Waals surface area (Å²) in [6.07, 6.45) is 23.8. The van der Waals surface area contributed by atoms with E-state index in [9.17, 15) is 0 Å². The van der Waals surface area contributed by atoms with Crippen LogP contribution < -0.4 is 0 Å². The van der Waals surface area contributed by atoms with Crippen molar-refractivity contribution in [2.75, 3.05) is 0 Å². The predicted molar refractivity (Wildman–Crippen MR) is 109 cm³/mol. The molecule has 22 heavy (non-hydrogen) atoms. The molecule has 0 aromatic heterocycles. The number of rotatable bonds is 3. The molecule has 3 aliphatic carbocycles. The van der Waals surface area contributed by atoms with Crippen LogP contribution in [0.25, 0.3) is 0 Å². The normalized spacial score (nSPS) is 25.3. The molecule has 3 heteroatoms. The molecule has 0 atom stereocenters. The Labute approximate surface area is 162 Å². The average molecular weight is 530 g/mol. The van der Waals surface area contributed by atoms with Gasteiger partial charge in [0.2, 0.25) is 0 Å². The SMILES string of the molecule is C1CCC([PH+](C2CCCCC2)C2CCCCC2)CC1.[CH3-].[Pd+][I]. The van der Waals surface area contributed by atoms with Gasteiger partial charge in [0.05, 0.1) is 17.0 Å². The first-order valence-corrected chi connectivity index (χ1v) is 15.8. The molecule has 3 saturated carbocycles. The number of hydrogen-bond donors (Lipinski definition) is 0. The molecule has 0 heterocycles. The third-order valence-corrected chi connectivity index (χ3v) is 10.8. The minimum atomic E-state index is -0.0465. The van der Waals surface area contributed by atoms with Crippen LogP contribution in [0.1, 0.15) is 96.3 Å². The summed E-state index contributed by atoms with van der Waals surface area (Å²) in [5, 5.41) is 0. The van der Waals surface area contributed by atoms with Gasteiger partial charge in [-0.15, -0.1) is 0 Å². The Hall–Kier alpha value is 1.82. The van der Waals surface area contributed by atoms with Crippen molar-refractivity contribution in [1.29, 1.82) is 0 Å². The summed E-state index contributed by atoms with van der Waals surface area (Å²) >= 11 is 4.72. The molecular formula is C19H37IPPd+. The first-order chi connectivity index (χ1) is 10.4. The molecule has 0 nitrogen and oxygen atoms in total. The van der Waals surface area contributed by atoms with Crippen molar-refractivity contribution >= 4 is 27.4 Å². The molecule has 0 spiro atoms. The second-order valence-electron chi connectivity index (χ2n) is 7.50. The standard InChI is InChI=1S/C18H33P.CH3.HI.Pd/c1-4-10-16(11-5-1)19(17-12-6-2-7-13-17)18-14-8-3-9-15-18;;;/h16-18H,1-15H2;1H3;1H;/q;-1;;+2. The zero-order valence-corrected chi connectivity index (χ0v) is 19.2. The summed E-state index contributed by atoms with van der Waals surface area (Å²) in [5.74, 6) is 0. The van der Waals surface area contributed by atoms with E-state index in [-0.39, 0.29) is 15.3 Å². The number of halogens is 1. The molecule has 0 N–H and O–H groups in total. The van der Waals surface area contributed by atoms with Gasteiger partial charge in [0.1, 0.15) is 0 Å². The van der Waals surface area contributed by atoms with E-state index in [1.165, 1.54) is 17.0 Å². The summed E-state index contributed by atoms with van der Waals surface area (Å²) < 4.78 is 0. The number of hydrogen-bond acceptors (Lipinski definition) is 0. The van der Waals surface area contributed by atoms with Crippen LogP contribution in [0, 0.1) is 7.43 Å². The molecule has 0 radical (unpaired) electrons. The van der Waals surface area contributed by atoms with E-state index in [4.69, 9.17) is 0 Å². The molecule has 3 fully saturated rings. The summed E-state index contributed by atoms with van der Waals surface area (Å²) in [5.41, 5.74) is 3.68. The summed E-state index contributed by atoms with van der Waals surface area (Å²) in [4.78, 5) is 0. The maximum absolute atomic E-state index is 2.72. The van der Waals surface area contributed by atoms with Crippen molar-refractivity contribution < 1.29 is 15.6 Å². The zero-order chi connectivity index (χ0) is 14.9. The molecule has 0 unspecified atom stereocenters. The van der Waals surface area contributed by atoms with Gasteiger partial charge in [-0.2, -0.15) is 0 Å². The van der Waals surface area contributed by atoms with E-state index in [1.54, 1.807) is 96.3 Å². The second-order valence-corrected chi connectivity index (χ2v) is 11.0. The van der Waals surface area contributed by atoms with Crippen molar-refractivity contribution in [3.63, 3.8) is 0 Å². The van der Waals surface area contributed by atoms with E-state index in [1.807, 2.05) is 19.5 Å². The van der Waals surface area contributed by atoms with Crippen molar-refractivity contribution in [2.24, 2.45) is 0 Å². The van der Waals surface area contributed by atoms with Gasteiger partial charge in [0.25, 0.3) is 0 Å². The third-order valence-electron chi connectivity index (χ3n) is 6.23. The Bertz CT molecular complexity index is 213. The van der Waals surface area contributed by atoms with E-state index in [2.05, 4.69) is 15.6 Å². The van der Waals surface area contributed by atoms with Gasteiger partial charge < -0.3 is 7.43 Å². The van der Waals surface area contributed by atoms with E-state index >= 15 is 0 Å². The van der Waals surface area contributed by atoms with Crippen molar-refractivity contribution in [3.05, 3.63) is 7.43 Å². The van der Waals surface area contributed by atoms with Crippen LogP contribution in [-0.4, -0.2) is 17.0 Å². The molecule has 3 rings (SSSR count). The van der Waals surface area contributed by atoms with Crippen LogP contribution in [0.4, 0.5) is 0 Å². The molecule has 0 bridgehead atoms. The fraction of sp³-hybridized carbons (Fsp3) is 0.947. The Kier molecular flexibility index (Phi) is 13.0. The van der Waals surface area contributed by atoms with E-state index < -0.39 is 0 Å². The van der Waals surface area contributed by atoms with Gasteiger partial charge in [-0.1, -0.05) is 19.3 Å². The van der Waals surface area contributed by atoms with E-state index in [0.717, 1.165) is 0 Å². The zero-order valence-electron chi connectivity index (χ0n) is 14.5. The first-order valence-electron chi connectivity index (χ1n) is 9.44. The predicted octanol–water partition coefficient (Wildman–Crippen LogP) is 7.53. The van der Waals surface area contributed by atoms with Gasteiger partial charge >= 0.3 is 35.1 Å². The Morgan fingerprint density at radius 3 is 0.955 bits per heavy atom. The quantitative estimate of drug-likeness (QED) is 0.153. The molecule has 0 aromatic carbocycles. The Morgan fingerprint density at radius 1 is 0.500 bits per heavy atom. The van der Waals surface area contributed by atoms with Gasteiger partial charge in [-0.05, 0) is 77.0 Å². The van der Waals surface area contributed by atoms with Crippen molar-refractivity contribution in [3.8, 4) is 0 Å².